The predicted octanol–water partition coefficient (Wildman–Crippen LogP) is 6.25. The molecule has 0 saturated carbocycles. The van der Waals surface area contributed by atoms with Crippen LogP contribution in [0.3, 0.4) is 0 Å². The SMILES string of the molecule is CC(C)Oc1ccc(Br)cc1C(=O)Oc1cccc(C(=O)OCCCc2ccccc2)c1. The number of aryl methyl sites for hydroxylation is 1. The number of hydrogen-bond acceptors (Lipinski definition) is 5. The minimum atomic E-state index is -0.574. The van der Waals surface area contributed by atoms with Gasteiger partial charge < -0.3 is 14.2 Å². The van der Waals surface area contributed by atoms with Crippen LogP contribution >= 0.6 is 15.9 Å². The standard InChI is InChI=1S/C26H25BrO5/c1-18(2)31-24-14-13-21(27)17-23(24)26(29)32-22-12-6-11-20(16-22)25(28)30-15-7-10-19-8-4-3-5-9-19/h3-6,8-9,11-14,16-18H,7,10,15H2,1-2H3. The Balaban J connectivity index is 1.60. The monoisotopic (exact) mass is 496 g/mol. The number of rotatable bonds is 9. The highest BCUT2D eigenvalue weighted by atomic mass is 79.9. The van der Waals surface area contributed by atoms with E-state index in [-0.39, 0.29) is 11.9 Å². The molecule has 3 aromatic rings. The first kappa shape index (κ1) is 23.5. The summed E-state index contributed by atoms with van der Waals surface area (Å²) in [6, 6.07) is 21.6. The van der Waals surface area contributed by atoms with Crippen molar-refractivity contribution < 1.29 is 23.8 Å². The Hall–Kier alpha value is -3.12. The van der Waals surface area contributed by atoms with Gasteiger partial charge in [-0.05, 0) is 68.7 Å². The molecule has 3 aromatic carbocycles. The summed E-state index contributed by atoms with van der Waals surface area (Å²) in [4.78, 5) is 25.2. The Morgan fingerprint density at radius 1 is 0.906 bits per heavy atom. The van der Waals surface area contributed by atoms with Gasteiger partial charge in [-0.3, -0.25) is 0 Å². The van der Waals surface area contributed by atoms with E-state index < -0.39 is 11.9 Å². The van der Waals surface area contributed by atoms with Crippen LogP contribution in [-0.2, 0) is 11.2 Å². The Morgan fingerprint density at radius 2 is 1.69 bits per heavy atom. The number of carbonyl (C=O) groups is 2. The van der Waals surface area contributed by atoms with Crippen LogP contribution in [0, 0.1) is 0 Å². The smallest absolute Gasteiger partial charge is 0.347 e. The molecule has 0 spiro atoms. The van der Waals surface area contributed by atoms with Gasteiger partial charge in [-0.15, -0.1) is 0 Å². The van der Waals surface area contributed by atoms with Gasteiger partial charge in [0.15, 0.2) is 0 Å². The second kappa shape index (κ2) is 11.5. The van der Waals surface area contributed by atoms with Crippen molar-refractivity contribution >= 4 is 27.9 Å². The first-order valence-corrected chi connectivity index (χ1v) is 11.2. The summed E-state index contributed by atoms with van der Waals surface area (Å²) < 4.78 is 17.3. The minimum Gasteiger partial charge on any atom is -0.490 e. The first-order valence-electron chi connectivity index (χ1n) is 10.4. The van der Waals surface area contributed by atoms with Crippen LogP contribution in [0.2, 0.25) is 0 Å². The van der Waals surface area contributed by atoms with Crippen molar-refractivity contribution in [3.63, 3.8) is 0 Å². The topological polar surface area (TPSA) is 61.8 Å². The van der Waals surface area contributed by atoms with Gasteiger partial charge in [0.1, 0.15) is 17.1 Å². The molecule has 0 atom stereocenters. The van der Waals surface area contributed by atoms with Crippen LogP contribution in [0.4, 0.5) is 0 Å². The lowest BCUT2D eigenvalue weighted by molar-refractivity contribution is 0.0498. The van der Waals surface area contributed by atoms with Crippen molar-refractivity contribution in [3.8, 4) is 11.5 Å². The highest BCUT2D eigenvalue weighted by Crippen LogP contribution is 2.26. The second-order valence-electron chi connectivity index (χ2n) is 7.45. The van der Waals surface area contributed by atoms with Crippen LogP contribution < -0.4 is 9.47 Å². The Morgan fingerprint density at radius 3 is 2.44 bits per heavy atom. The number of carbonyl (C=O) groups excluding carboxylic acids is 2. The van der Waals surface area contributed by atoms with Crippen molar-refractivity contribution in [2.45, 2.75) is 32.8 Å². The van der Waals surface area contributed by atoms with Gasteiger partial charge in [-0.2, -0.15) is 0 Å². The van der Waals surface area contributed by atoms with Gasteiger partial charge in [0.2, 0.25) is 0 Å². The lowest BCUT2D eigenvalue weighted by atomic mass is 10.1. The third kappa shape index (κ3) is 6.95. The first-order chi connectivity index (χ1) is 15.4. The molecule has 32 heavy (non-hydrogen) atoms. The highest BCUT2D eigenvalue weighted by molar-refractivity contribution is 9.10. The molecular formula is C26H25BrO5. The molecule has 166 valence electrons. The molecule has 0 saturated heterocycles. The number of benzene rings is 3. The molecule has 0 N–H and O–H groups in total. The van der Waals surface area contributed by atoms with E-state index in [0.717, 1.165) is 17.3 Å². The van der Waals surface area contributed by atoms with E-state index in [4.69, 9.17) is 14.2 Å². The number of halogens is 1. The molecule has 6 heteroatoms. The van der Waals surface area contributed by atoms with Crippen LogP contribution in [0.5, 0.6) is 11.5 Å². The summed E-state index contributed by atoms with van der Waals surface area (Å²) in [5.74, 6) is -0.344. The zero-order chi connectivity index (χ0) is 22.9. The van der Waals surface area contributed by atoms with Crippen LogP contribution in [0.15, 0.2) is 77.3 Å². The third-order valence-corrected chi connectivity index (χ3v) is 4.98. The predicted molar refractivity (Wildman–Crippen MR) is 126 cm³/mol. The summed E-state index contributed by atoms with van der Waals surface area (Å²) in [6.45, 7) is 4.07. The average Bonchev–Trinajstić information content (AvgIpc) is 2.78. The van der Waals surface area contributed by atoms with Gasteiger partial charge in [0.25, 0.3) is 0 Å². The fourth-order valence-electron chi connectivity index (χ4n) is 3.04. The van der Waals surface area contributed by atoms with Gasteiger partial charge in [0.05, 0.1) is 18.3 Å². The van der Waals surface area contributed by atoms with E-state index in [0.29, 0.717) is 23.5 Å². The van der Waals surface area contributed by atoms with Gasteiger partial charge in [-0.25, -0.2) is 9.59 Å². The summed E-state index contributed by atoms with van der Waals surface area (Å²) in [7, 11) is 0. The van der Waals surface area contributed by atoms with Crippen molar-refractivity contribution in [2.24, 2.45) is 0 Å². The molecule has 3 rings (SSSR count). The van der Waals surface area contributed by atoms with Crippen LogP contribution in [0.1, 0.15) is 46.5 Å². The molecule has 5 nitrogen and oxygen atoms in total. The van der Waals surface area contributed by atoms with E-state index in [1.165, 1.54) is 11.6 Å². The maximum absolute atomic E-state index is 12.8. The molecule has 0 unspecified atom stereocenters. The van der Waals surface area contributed by atoms with Gasteiger partial charge >= 0.3 is 11.9 Å². The van der Waals surface area contributed by atoms with E-state index in [1.807, 2.05) is 44.2 Å². The maximum atomic E-state index is 12.8. The molecular weight excluding hydrogens is 472 g/mol. The largest absolute Gasteiger partial charge is 0.490 e. The molecule has 0 bridgehead atoms. The average molecular weight is 497 g/mol. The summed E-state index contributed by atoms with van der Waals surface area (Å²) in [5.41, 5.74) is 1.82. The second-order valence-corrected chi connectivity index (χ2v) is 8.37. The molecule has 0 aliphatic rings. The summed E-state index contributed by atoms with van der Waals surface area (Å²) >= 11 is 3.37. The molecule has 0 fully saturated rings. The molecule has 0 heterocycles. The third-order valence-electron chi connectivity index (χ3n) is 4.49. The minimum absolute atomic E-state index is 0.0947. The number of esters is 2. The van der Waals surface area contributed by atoms with E-state index in [1.54, 1.807) is 36.4 Å². The summed E-state index contributed by atoms with van der Waals surface area (Å²) in [5, 5.41) is 0. The lowest BCUT2D eigenvalue weighted by Crippen LogP contribution is -2.14. The zero-order valence-electron chi connectivity index (χ0n) is 18.0. The van der Waals surface area contributed by atoms with Crippen LogP contribution in [0.25, 0.3) is 0 Å². The van der Waals surface area contributed by atoms with Crippen molar-refractivity contribution in [2.75, 3.05) is 6.61 Å². The molecule has 0 amide bonds. The highest BCUT2D eigenvalue weighted by Gasteiger charge is 2.18. The normalized spacial score (nSPS) is 10.6. The van der Waals surface area contributed by atoms with Crippen LogP contribution in [-0.4, -0.2) is 24.6 Å². The molecule has 0 aliphatic carbocycles. The van der Waals surface area contributed by atoms with Crippen molar-refractivity contribution in [1.82, 2.24) is 0 Å². The van der Waals surface area contributed by atoms with E-state index >= 15 is 0 Å². The molecule has 0 aromatic heterocycles. The Labute approximate surface area is 196 Å². The Kier molecular flexibility index (Phi) is 8.45. The summed E-state index contributed by atoms with van der Waals surface area (Å²) in [6.07, 6.45) is 1.47. The molecule has 0 aliphatic heterocycles. The zero-order valence-corrected chi connectivity index (χ0v) is 19.6. The Bertz CT molecular complexity index is 1060. The number of ether oxygens (including phenoxy) is 3. The van der Waals surface area contributed by atoms with Crippen molar-refractivity contribution in [3.05, 3.63) is 94.0 Å². The fraction of sp³-hybridized carbons (Fsp3) is 0.231. The molecule has 0 radical (unpaired) electrons. The quantitative estimate of drug-likeness (QED) is 0.199. The number of hydrogen-bond donors (Lipinski definition) is 0. The van der Waals surface area contributed by atoms with E-state index in [9.17, 15) is 9.59 Å². The fourth-order valence-corrected chi connectivity index (χ4v) is 3.40. The van der Waals surface area contributed by atoms with Gasteiger partial charge in [0, 0.05) is 4.47 Å². The lowest BCUT2D eigenvalue weighted by Gasteiger charge is -2.14. The van der Waals surface area contributed by atoms with E-state index in [2.05, 4.69) is 15.9 Å². The maximum Gasteiger partial charge on any atom is 0.347 e. The van der Waals surface area contributed by atoms with Crippen molar-refractivity contribution in [1.29, 1.82) is 0 Å². The van der Waals surface area contributed by atoms with Gasteiger partial charge in [-0.1, -0.05) is 52.3 Å².